The molecule has 0 radical (unpaired) electrons. The van der Waals surface area contributed by atoms with Crippen molar-refractivity contribution in [3.8, 4) is 11.5 Å². The van der Waals surface area contributed by atoms with Crippen LogP contribution in [0.25, 0.3) is 0 Å². The molecule has 2 aromatic carbocycles. The number of carboxylic acids is 1. The first-order chi connectivity index (χ1) is 12.4. The first kappa shape index (κ1) is 20.4. The lowest BCUT2D eigenvalue weighted by atomic mass is 10.2. The Bertz CT molecular complexity index is 831. The Hall–Kier alpha value is -1.96. The molecule has 0 unspecified atom stereocenters. The second-order valence-electron chi connectivity index (χ2n) is 4.94. The van der Waals surface area contributed by atoms with E-state index in [9.17, 15) is 4.79 Å². The van der Waals surface area contributed by atoms with Gasteiger partial charge in [0, 0.05) is 0 Å². The van der Waals surface area contributed by atoms with E-state index in [0.29, 0.717) is 38.3 Å². The molecule has 138 valence electrons. The quantitative estimate of drug-likeness (QED) is 0.424. The van der Waals surface area contributed by atoms with E-state index >= 15 is 0 Å². The van der Waals surface area contributed by atoms with E-state index in [0.717, 1.165) is 5.56 Å². The summed E-state index contributed by atoms with van der Waals surface area (Å²) in [6.45, 7) is 1.75. The molecule has 2 N–H and O–H groups in total. The fourth-order valence-corrected chi connectivity index (χ4v) is 2.82. The zero-order chi connectivity index (χ0) is 19.1. The standard InChI is InChI=1S/C17H15BrCl2N2O4/c1-2-25-15-6-10(5-12(18)17(15)26-9-16(23)24)8-21-22-11-3-4-13(19)14(20)7-11/h3-8,22H,2,9H2,1H3,(H,23,24)/b21-8+. The van der Waals surface area contributed by atoms with Crippen LogP contribution < -0.4 is 14.9 Å². The van der Waals surface area contributed by atoms with Crippen LogP contribution in [-0.2, 0) is 4.79 Å². The van der Waals surface area contributed by atoms with E-state index in [2.05, 4.69) is 26.5 Å². The molecule has 0 saturated carbocycles. The molecule has 0 saturated heterocycles. The summed E-state index contributed by atoms with van der Waals surface area (Å²) in [4.78, 5) is 10.7. The molecular weight excluding hydrogens is 447 g/mol. The van der Waals surface area contributed by atoms with Gasteiger partial charge in [-0.25, -0.2) is 4.79 Å². The van der Waals surface area contributed by atoms with Crippen LogP contribution in [0.2, 0.25) is 10.0 Å². The lowest BCUT2D eigenvalue weighted by molar-refractivity contribution is -0.139. The molecule has 0 aromatic heterocycles. The van der Waals surface area contributed by atoms with Crippen LogP contribution in [0.5, 0.6) is 11.5 Å². The Balaban J connectivity index is 2.17. The van der Waals surface area contributed by atoms with Gasteiger partial charge in [-0.05, 0) is 58.7 Å². The topological polar surface area (TPSA) is 80.1 Å². The van der Waals surface area contributed by atoms with Crippen molar-refractivity contribution >= 4 is 57.0 Å². The van der Waals surface area contributed by atoms with Crippen molar-refractivity contribution in [2.75, 3.05) is 18.6 Å². The maximum atomic E-state index is 10.7. The fourth-order valence-electron chi connectivity index (χ4n) is 1.95. The van der Waals surface area contributed by atoms with Gasteiger partial charge in [-0.1, -0.05) is 23.2 Å². The molecule has 0 fully saturated rings. The van der Waals surface area contributed by atoms with Gasteiger partial charge in [0.05, 0.1) is 33.0 Å². The zero-order valence-electron chi connectivity index (χ0n) is 13.6. The van der Waals surface area contributed by atoms with E-state index in [-0.39, 0.29) is 0 Å². The average Bonchev–Trinajstić information content (AvgIpc) is 2.57. The van der Waals surface area contributed by atoms with Crippen molar-refractivity contribution < 1.29 is 19.4 Å². The number of benzene rings is 2. The third-order valence-electron chi connectivity index (χ3n) is 3.00. The van der Waals surface area contributed by atoms with Gasteiger partial charge in [0.15, 0.2) is 18.1 Å². The first-order valence-electron chi connectivity index (χ1n) is 7.45. The molecule has 6 nitrogen and oxygen atoms in total. The van der Waals surface area contributed by atoms with Crippen LogP contribution in [0.1, 0.15) is 12.5 Å². The summed E-state index contributed by atoms with van der Waals surface area (Å²) in [7, 11) is 0. The van der Waals surface area contributed by atoms with E-state index in [4.69, 9.17) is 37.8 Å². The number of nitrogens with one attached hydrogen (secondary N) is 1. The third kappa shape index (κ3) is 5.79. The number of nitrogens with zero attached hydrogens (tertiary/aromatic N) is 1. The molecule has 9 heteroatoms. The van der Waals surface area contributed by atoms with Crippen molar-refractivity contribution in [2.45, 2.75) is 6.92 Å². The number of hydrogen-bond acceptors (Lipinski definition) is 5. The van der Waals surface area contributed by atoms with Gasteiger partial charge in [-0.3, -0.25) is 5.43 Å². The zero-order valence-corrected chi connectivity index (χ0v) is 16.7. The number of carboxylic acid groups (broad SMARTS) is 1. The number of anilines is 1. The highest BCUT2D eigenvalue weighted by Gasteiger charge is 2.13. The molecule has 2 rings (SSSR count). The van der Waals surface area contributed by atoms with Crippen molar-refractivity contribution in [3.05, 3.63) is 50.4 Å². The van der Waals surface area contributed by atoms with Crippen LogP contribution in [0, 0.1) is 0 Å². The molecule has 0 heterocycles. The second kappa shape index (κ2) is 9.66. The number of rotatable bonds is 8. The Morgan fingerprint density at radius 3 is 2.69 bits per heavy atom. The smallest absolute Gasteiger partial charge is 0.341 e. The van der Waals surface area contributed by atoms with Gasteiger partial charge in [-0.15, -0.1) is 0 Å². The van der Waals surface area contributed by atoms with Gasteiger partial charge in [0.1, 0.15) is 0 Å². The maximum absolute atomic E-state index is 10.7. The summed E-state index contributed by atoms with van der Waals surface area (Å²) in [5.41, 5.74) is 4.25. The summed E-state index contributed by atoms with van der Waals surface area (Å²) in [6.07, 6.45) is 1.58. The van der Waals surface area contributed by atoms with Crippen LogP contribution in [0.15, 0.2) is 39.9 Å². The molecule has 0 aliphatic heterocycles. The maximum Gasteiger partial charge on any atom is 0.341 e. The second-order valence-corrected chi connectivity index (χ2v) is 6.61. The summed E-state index contributed by atoms with van der Waals surface area (Å²) >= 11 is 15.2. The first-order valence-corrected chi connectivity index (χ1v) is 9.00. The van der Waals surface area contributed by atoms with Gasteiger partial charge in [0.25, 0.3) is 0 Å². The van der Waals surface area contributed by atoms with Crippen LogP contribution in [0.3, 0.4) is 0 Å². The van der Waals surface area contributed by atoms with Gasteiger partial charge in [-0.2, -0.15) is 5.10 Å². The average molecular weight is 462 g/mol. The molecule has 0 atom stereocenters. The number of ether oxygens (including phenoxy) is 2. The monoisotopic (exact) mass is 460 g/mol. The minimum atomic E-state index is -1.07. The highest BCUT2D eigenvalue weighted by molar-refractivity contribution is 9.10. The number of hydrogen-bond donors (Lipinski definition) is 2. The molecular formula is C17H15BrCl2N2O4. The number of halogens is 3. The van der Waals surface area contributed by atoms with Crippen molar-refractivity contribution in [2.24, 2.45) is 5.10 Å². The predicted molar refractivity (Wildman–Crippen MR) is 106 cm³/mol. The molecule has 0 amide bonds. The van der Waals surface area contributed by atoms with Gasteiger partial charge >= 0.3 is 5.97 Å². The fraction of sp³-hybridized carbons (Fsp3) is 0.176. The van der Waals surface area contributed by atoms with Crippen molar-refractivity contribution in [1.82, 2.24) is 0 Å². The van der Waals surface area contributed by atoms with Crippen molar-refractivity contribution in [1.29, 1.82) is 0 Å². The van der Waals surface area contributed by atoms with Crippen LogP contribution in [-0.4, -0.2) is 30.5 Å². The summed E-state index contributed by atoms with van der Waals surface area (Å²) < 4.78 is 11.4. The minimum absolute atomic E-state index is 0.323. The SMILES string of the molecule is CCOc1cc(/C=N/Nc2ccc(Cl)c(Cl)c2)cc(Br)c1OCC(=O)O. The molecule has 2 aromatic rings. The van der Waals surface area contributed by atoms with E-state index in [1.165, 1.54) is 0 Å². The number of carbonyl (C=O) groups is 1. The van der Waals surface area contributed by atoms with Crippen molar-refractivity contribution in [3.63, 3.8) is 0 Å². The third-order valence-corrected chi connectivity index (χ3v) is 4.33. The number of aliphatic carboxylic acids is 1. The highest BCUT2D eigenvalue weighted by atomic mass is 79.9. The Kier molecular flexibility index (Phi) is 7.56. The minimum Gasteiger partial charge on any atom is -0.490 e. The molecule has 0 bridgehead atoms. The largest absolute Gasteiger partial charge is 0.490 e. The van der Waals surface area contributed by atoms with E-state index in [1.54, 1.807) is 36.5 Å². The lowest BCUT2D eigenvalue weighted by Crippen LogP contribution is -2.11. The number of hydrazone groups is 1. The summed E-state index contributed by atoms with van der Waals surface area (Å²) in [5, 5.41) is 13.8. The normalized spacial score (nSPS) is 10.8. The molecule has 0 aliphatic rings. The Morgan fingerprint density at radius 1 is 1.27 bits per heavy atom. The van der Waals surface area contributed by atoms with Gasteiger partial charge < -0.3 is 14.6 Å². The Labute approximate surface area is 168 Å². The Morgan fingerprint density at radius 2 is 2.04 bits per heavy atom. The molecule has 0 spiro atoms. The molecule has 0 aliphatic carbocycles. The van der Waals surface area contributed by atoms with E-state index in [1.807, 2.05) is 6.92 Å². The molecule has 26 heavy (non-hydrogen) atoms. The highest BCUT2D eigenvalue weighted by Crippen LogP contribution is 2.36. The van der Waals surface area contributed by atoms with Crippen LogP contribution in [0.4, 0.5) is 5.69 Å². The van der Waals surface area contributed by atoms with Crippen LogP contribution >= 0.6 is 39.1 Å². The summed E-state index contributed by atoms with van der Waals surface area (Å²) in [6, 6.07) is 8.51. The van der Waals surface area contributed by atoms with E-state index < -0.39 is 12.6 Å². The van der Waals surface area contributed by atoms with Gasteiger partial charge in [0.2, 0.25) is 0 Å². The predicted octanol–water partition coefficient (Wildman–Crippen LogP) is 5.06. The lowest BCUT2D eigenvalue weighted by Gasteiger charge is -2.13. The summed E-state index contributed by atoms with van der Waals surface area (Å²) in [5.74, 6) is -0.334.